The lowest BCUT2D eigenvalue weighted by Gasteiger charge is -2.09. The van der Waals surface area contributed by atoms with Crippen molar-refractivity contribution in [3.05, 3.63) is 42.1 Å². The second-order valence-corrected chi connectivity index (χ2v) is 4.56. The molecular weight excluding hydrogens is 210 g/mol. The van der Waals surface area contributed by atoms with Crippen LogP contribution < -0.4 is 0 Å². The number of aromatic amines is 1. The molecular formula is C14H19N3. The number of hydrogen-bond acceptors (Lipinski definition) is 2. The van der Waals surface area contributed by atoms with Crippen LogP contribution in [-0.2, 0) is 6.42 Å². The van der Waals surface area contributed by atoms with E-state index in [2.05, 4.69) is 53.5 Å². The average Bonchev–Trinajstić information content (AvgIpc) is 2.83. The zero-order valence-electron chi connectivity index (χ0n) is 10.5. The Balaban J connectivity index is 1.94. The number of aromatic nitrogens is 2. The van der Waals surface area contributed by atoms with Crippen LogP contribution >= 0.6 is 0 Å². The monoisotopic (exact) mass is 229 g/mol. The van der Waals surface area contributed by atoms with Gasteiger partial charge in [0.2, 0.25) is 0 Å². The molecule has 3 nitrogen and oxygen atoms in total. The summed E-state index contributed by atoms with van der Waals surface area (Å²) in [7, 11) is 4.22. The van der Waals surface area contributed by atoms with E-state index in [4.69, 9.17) is 0 Å². The van der Waals surface area contributed by atoms with Crippen molar-refractivity contribution in [1.29, 1.82) is 0 Å². The van der Waals surface area contributed by atoms with Crippen molar-refractivity contribution in [2.24, 2.45) is 0 Å². The molecule has 17 heavy (non-hydrogen) atoms. The highest BCUT2D eigenvalue weighted by atomic mass is 15.1. The minimum absolute atomic E-state index is 1.00. The lowest BCUT2D eigenvalue weighted by Crippen LogP contribution is -2.13. The molecule has 1 N–H and O–H groups in total. The third kappa shape index (κ3) is 3.43. The van der Waals surface area contributed by atoms with Crippen molar-refractivity contribution in [3.8, 4) is 11.3 Å². The lowest BCUT2D eigenvalue weighted by molar-refractivity contribution is 0.400. The molecule has 0 fully saturated rings. The summed E-state index contributed by atoms with van der Waals surface area (Å²) in [5.41, 5.74) is 3.57. The van der Waals surface area contributed by atoms with Gasteiger partial charge in [-0.05, 0) is 45.1 Å². The molecule has 3 heteroatoms. The Morgan fingerprint density at radius 1 is 1.12 bits per heavy atom. The largest absolute Gasteiger partial charge is 0.309 e. The van der Waals surface area contributed by atoms with E-state index in [0.29, 0.717) is 0 Å². The minimum atomic E-state index is 1.00. The molecule has 0 aliphatic carbocycles. The first kappa shape index (κ1) is 11.9. The third-order valence-electron chi connectivity index (χ3n) is 2.82. The Kier molecular flexibility index (Phi) is 3.94. The molecule has 0 saturated carbocycles. The van der Waals surface area contributed by atoms with Crippen molar-refractivity contribution in [2.45, 2.75) is 12.8 Å². The number of nitrogens with one attached hydrogen (secondary N) is 1. The molecule has 0 bridgehead atoms. The van der Waals surface area contributed by atoms with Gasteiger partial charge in [0, 0.05) is 11.8 Å². The van der Waals surface area contributed by atoms with Gasteiger partial charge in [0.05, 0.1) is 5.69 Å². The van der Waals surface area contributed by atoms with Gasteiger partial charge >= 0.3 is 0 Å². The van der Waals surface area contributed by atoms with Crippen LogP contribution in [0.25, 0.3) is 11.3 Å². The highest BCUT2D eigenvalue weighted by molar-refractivity contribution is 5.58. The van der Waals surface area contributed by atoms with Crippen molar-refractivity contribution in [2.75, 3.05) is 20.6 Å². The maximum Gasteiger partial charge on any atom is 0.0920 e. The first-order chi connectivity index (χ1) is 8.25. The average molecular weight is 229 g/mol. The first-order valence-electron chi connectivity index (χ1n) is 5.99. The molecule has 0 amide bonds. The molecule has 2 rings (SSSR count). The first-order valence-corrected chi connectivity index (χ1v) is 5.99. The molecule has 1 aromatic heterocycles. The molecule has 0 saturated heterocycles. The highest BCUT2D eigenvalue weighted by Crippen LogP contribution is 2.17. The summed E-state index contributed by atoms with van der Waals surface area (Å²) in [6.07, 6.45) is 4.19. The fraction of sp³-hybridized carbons (Fsp3) is 0.357. The predicted molar refractivity (Wildman–Crippen MR) is 70.9 cm³/mol. The summed E-state index contributed by atoms with van der Waals surface area (Å²) in [4.78, 5) is 2.22. The molecule has 1 aromatic carbocycles. The standard InChI is InChI=1S/C14H19N3/c1-17(2)11-3-4-12-5-7-13(8-6-12)14-9-10-15-16-14/h5-10H,3-4,11H2,1-2H3,(H,15,16). The van der Waals surface area contributed by atoms with Crippen molar-refractivity contribution in [3.63, 3.8) is 0 Å². The maximum atomic E-state index is 4.17. The van der Waals surface area contributed by atoms with E-state index >= 15 is 0 Å². The minimum Gasteiger partial charge on any atom is -0.309 e. The van der Waals surface area contributed by atoms with Crippen molar-refractivity contribution < 1.29 is 0 Å². The highest BCUT2D eigenvalue weighted by Gasteiger charge is 2.00. The van der Waals surface area contributed by atoms with Crippen LogP contribution in [0.1, 0.15) is 12.0 Å². The molecule has 0 spiro atoms. The third-order valence-corrected chi connectivity index (χ3v) is 2.82. The number of hydrogen-bond donors (Lipinski definition) is 1. The normalized spacial score (nSPS) is 11.0. The summed E-state index contributed by atoms with van der Waals surface area (Å²) >= 11 is 0. The van der Waals surface area contributed by atoms with Gasteiger partial charge in [0.25, 0.3) is 0 Å². The van der Waals surface area contributed by atoms with Crippen molar-refractivity contribution >= 4 is 0 Å². The molecule has 0 aliphatic rings. The summed E-state index contributed by atoms with van der Waals surface area (Å²) < 4.78 is 0. The van der Waals surface area contributed by atoms with Crippen molar-refractivity contribution in [1.82, 2.24) is 15.1 Å². The summed E-state index contributed by atoms with van der Waals surface area (Å²) in [6, 6.07) is 10.7. The Hall–Kier alpha value is -1.61. The molecule has 0 atom stereocenters. The maximum absolute atomic E-state index is 4.17. The number of H-pyrrole nitrogens is 1. The van der Waals surface area contributed by atoms with Gasteiger partial charge in [-0.1, -0.05) is 24.3 Å². The van der Waals surface area contributed by atoms with Crippen LogP contribution in [0.5, 0.6) is 0 Å². The lowest BCUT2D eigenvalue weighted by atomic mass is 10.1. The molecule has 0 unspecified atom stereocenters. The summed E-state index contributed by atoms with van der Waals surface area (Å²) in [6.45, 7) is 1.14. The zero-order chi connectivity index (χ0) is 12.1. The molecule has 1 heterocycles. The van der Waals surface area contributed by atoms with E-state index in [1.54, 1.807) is 0 Å². The van der Waals surface area contributed by atoms with Gasteiger partial charge in [0.15, 0.2) is 0 Å². The van der Waals surface area contributed by atoms with E-state index in [0.717, 1.165) is 18.7 Å². The fourth-order valence-corrected chi connectivity index (χ4v) is 1.86. The number of benzene rings is 1. The topological polar surface area (TPSA) is 31.9 Å². The quantitative estimate of drug-likeness (QED) is 0.854. The van der Waals surface area contributed by atoms with E-state index in [-0.39, 0.29) is 0 Å². The van der Waals surface area contributed by atoms with Gasteiger partial charge < -0.3 is 4.90 Å². The fourth-order valence-electron chi connectivity index (χ4n) is 1.86. The van der Waals surface area contributed by atoms with Crippen LogP contribution in [0.2, 0.25) is 0 Å². The smallest absolute Gasteiger partial charge is 0.0920 e. The molecule has 0 aliphatic heterocycles. The molecule has 2 aromatic rings. The van der Waals surface area contributed by atoms with E-state index in [9.17, 15) is 0 Å². The Morgan fingerprint density at radius 2 is 1.88 bits per heavy atom. The Labute approximate surface area is 102 Å². The number of rotatable bonds is 5. The number of nitrogens with zero attached hydrogens (tertiary/aromatic N) is 2. The predicted octanol–water partition coefficient (Wildman–Crippen LogP) is 2.57. The second-order valence-electron chi connectivity index (χ2n) is 4.56. The van der Waals surface area contributed by atoms with E-state index in [1.807, 2.05) is 12.3 Å². The van der Waals surface area contributed by atoms with Crippen LogP contribution in [-0.4, -0.2) is 35.7 Å². The SMILES string of the molecule is CN(C)CCCc1ccc(-c2cc[nH]n2)cc1. The van der Waals surface area contributed by atoms with Gasteiger partial charge in [-0.15, -0.1) is 0 Å². The van der Waals surface area contributed by atoms with Crippen LogP contribution in [0.15, 0.2) is 36.5 Å². The van der Waals surface area contributed by atoms with Crippen LogP contribution in [0.4, 0.5) is 0 Å². The zero-order valence-corrected chi connectivity index (χ0v) is 10.5. The van der Waals surface area contributed by atoms with Gasteiger partial charge in [0.1, 0.15) is 0 Å². The van der Waals surface area contributed by atoms with Crippen LogP contribution in [0.3, 0.4) is 0 Å². The van der Waals surface area contributed by atoms with Gasteiger partial charge in [-0.3, -0.25) is 5.10 Å². The van der Waals surface area contributed by atoms with Gasteiger partial charge in [-0.25, -0.2) is 0 Å². The van der Waals surface area contributed by atoms with Gasteiger partial charge in [-0.2, -0.15) is 5.10 Å². The van der Waals surface area contributed by atoms with Crippen LogP contribution in [0, 0.1) is 0 Å². The Bertz CT molecular complexity index is 429. The summed E-state index contributed by atoms with van der Waals surface area (Å²) in [5, 5.41) is 7.00. The second kappa shape index (κ2) is 5.64. The van der Waals surface area contributed by atoms with E-state index in [1.165, 1.54) is 17.5 Å². The van der Waals surface area contributed by atoms with E-state index < -0.39 is 0 Å². The Morgan fingerprint density at radius 3 is 2.47 bits per heavy atom. The number of aryl methyl sites for hydroxylation is 1. The molecule has 90 valence electrons. The summed E-state index contributed by atoms with van der Waals surface area (Å²) in [5.74, 6) is 0. The molecule has 0 radical (unpaired) electrons.